The summed E-state index contributed by atoms with van der Waals surface area (Å²) in [6, 6.07) is 60.0. The fraction of sp³-hybridized carbons (Fsp3) is 0. The highest BCUT2D eigenvalue weighted by atomic mass is 15.0. The molecule has 3 aromatic heterocycles. The van der Waals surface area contributed by atoms with Gasteiger partial charge in [-0.1, -0.05) is 109 Å². The molecule has 0 spiro atoms. The summed E-state index contributed by atoms with van der Waals surface area (Å²) in [6.45, 7) is 0. The molecule has 0 fully saturated rings. The van der Waals surface area contributed by atoms with Crippen LogP contribution in [0.3, 0.4) is 0 Å². The third-order valence-electron chi connectivity index (χ3n) is 9.53. The lowest BCUT2D eigenvalue weighted by atomic mass is 10.0. The number of aromatic nitrogens is 4. The molecule has 0 aliphatic heterocycles. The Morgan fingerprint density at radius 3 is 0.917 bits per heavy atom. The molecule has 0 bridgehead atoms. The van der Waals surface area contributed by atoms with E-state index in [1.54, 1.807) is 0 Å². The number of nitrogens with zero attached hydrogens (tertiary/aromatic N) is 4. The van der Waals surface area contributed by atoms with Crippen molar-refractivity contribution >= 4 is 54.6 Å². The molecule has 0 unspecified atom stereocenters. The zero-order chi connectivity index (χ0) is 31.6. The Labute approximate surface area is 276 Å². The predicted octanol–water partition coefficient (Wildman–Crippen LogP) is 11.2. The lowest BCUT2D eigenvalue weighted by molar-refractivity contribution is 1.18. The quantitative estimate of drug-likeness (QED) is 0.198. The summed E-state index contributed by atoms with van der Waals surface area (Å²) in [5, 5.41) is 5.02. The molecule has 0 saturated heterocycles. The van der Waals surface area contributed by atoms with Crippen LogP contribution in [0.25, 0.3) is 88.5 Å². The summed E-state index contributed by atoms with van der Waals surface area (Å²) >= 11 is 0. The Morgan fingerprint density at radius 1 is 0.292 bits per heavy atom. The minimum Gasteiger partial charge on any atom is -0.309 e. The highest BCUT2D eigenvalue weighted by Gasteiger charge is 2.17. The van der Waals surface area contributed by atoms with Crippen molar-refractivity contribution in [1.82, 2.24) is 19.1 Å². The molecule has 0 aliphatic rings. The number of hydrogen-bond donors (Lipinski definition) is 0. The lowest BCUT2D eigenvalue weighted by Gasteiger charge is -2.13. The monoisotopic (exact) mass is 612 g/mol. The smallest absolute Gasteiger partial charge is 0.0973 e. The topological polar surface area (TPSA) is 35.6 Å². The van der Waals surface area contributed by atoms with Crippen LogP contribution in [0.2, 0.25) is 0 Å². The van der Waals surface area contributed by atoms with E-state index in [-0.39, 0.29) is 0 Å². The third-order valence-corrected chi connectivity index (χ3v) is 9.53. The fourth-order valence-electron chi connectivity index (χ4n) is 7.34. The summed E-state index contributed by atoms with van der Waals surface area (Å²) in [7, 11) is 0. The second kappa shape index (κ2) is 10.5. The van der Waals surface area contributed by atoms with Crippen molar-refractivity contribution in [2.24, 2.45) is 0 Å². The molecule has 224 valence electrons. The zero-order valence-electron chi connectivity index (χ0n) is 26.0. The maximum atomic E-state index is 5.19. The Bertz CT molecular complexity index is 2520. The maximum absolute atomic E-state index is 5.19. The second-order valence-electron chi connectivity index (χ2n) is 12.2. The van der Waals surface area contributed by atoms with Crippen molar-refractivity contribution in [2.75, 3.05) is 0 Å². The summed E-state index contributed by atoms with van der Waals surface area (Å²) in [5.74, 6) is 0. The first kappa shape index (κ1) is 26.7. The zero-order valence-corrected chi connectivity index (χ0v) is 26.0. The molecule has 10 aromatic rings. The predicted molar refractivity (Wildman–Crippen MR) is 199 cm³/mol. The van der Waals surface area contributed by atoms with Crippen LogP contribution in [-0.2, 0) is 0 Å². The van der Waals surface area contributed by atoms with Gasteiger partial charge in [-0.3, -0.25) is 0 Å². The van der Waals surface area contributed by atoms with Gasteiger partial charge in [0, 0.05) is 44.0 Å². The van der Waals surface area contributed by atoms with Gasteiger partial charge in [-0.2, -0.15) is 0 Å². The summed E-state index contributed by atoms with van der Waals surface area (Å²) in [6.07, 6.45) is 0. The van der Waals surface area contributed by atoms with Gasteiger partial charge in [0.15, 0.2) is 0 Å². The van der Waals surface area contributed by atoms with E-state index in [4.69, 9.17) is 9.97 Å². The fourth-order valence-corrected chi connectivity index (χ4v) is 7.34. The number of rotatable bonds is 4. The lowest BCUT2D eigenvalue weighted by Crippen LogP contribution is -1.98. The van der Waals surface area contributed by atoms with Crippen LogP contribution < -0.4 is 0 Å². The highest BCUT2D eigenvalue weighted by molar-refractivity contribution is 6.10. The molecule has 0 N–H and O–H groups in total. The molecule has 4 heteroatoms. The van der Waals surface area contributed by atoms with E-state index >= 15 is 0 Å². The molecular weight excluding hydrogens is 585 g/mol. The van der Waals surface area contributed by atoms with Gasteiger partial charge in [0.1, 0.15) is 0 Å². The van der Waals surface area contributed by atoms with Crippen LogP contribution in [0, 0.1) is 0 Å². The van der Waals surface area contributed by atoms with Crippen molar-refractivity contribution < 1.29 is 0 Å². The first-order valence-corrected chi connectivity index (χ1v) is 16.3. The molecule has 0 atom stereocenters. The molecule has 0 amide bonds. The van der Waals surface area contributed by atoms with Gasteiger partial charge in [-0.05, 0) is 60.7 Å². The Morgan fingerprint density at radius 2 is 0.583 bits per heavy atom. The highest BCUT2D eigenvalue weighted by Crippen LogP contribution is 2.36. The van der Waals surface area contributed by atoms with E-state index in [0.717, 1.165) is 44.9 Å². The average Bonchev–Trinajstić information content (AvgIpc) is 3.68. The molecule has 7 aromatic carbocycles. The number of benzene rings is 7. The largest absolute Gasteiger partial charge is 0.309 e. The van der Waals surface area contributed by atoms with E-state index in [9.17, 15) is 0 Å². The number of fused-ring (bicyclic) bond motifs is 7. The van der Waals surface area contributed by atoms with Crippen LogP contribution >= 0.6 is 0 Å². The first-order valence-electron chi connectivity index (χ1n) is 16.3. The summed E-state index contributed by atoms with van der Waals surface area (Å²) in [4.78, 5) is 10.4. The van der Waals surface area contributed by atoms with Gasteiger partial charge in [0.25, 0.3) is 0 Å². The number of hydrogen-bond acceptors (Lipinski definition) is 2. The summed E-state index contributed by atoms with van der Waals surface area (Å²) < 4.78 is 4.68. The van der Waals surface area contributed by atoms with Crippen LogP contribution in [0.4, 0.5) is 0 Å². The van der Waals surface area contributed by atoms with Crippen molar-refractivity contribution in [2.45, 2.75) is 0 Å². The van der Waals surface area contributed by atoms with Crippen molar-refractivity contribution in [3.63, 3.8) is 0 Å². The van der Waals surface area contributed by atoms with Crippen molar-refractivity contribution in [1.29, 1.82) is 0 Å². The van der Waals surface area contributed by atoms with Crippen molar-refractivity contribution in [3.05, 3.63) is 170 Å². The minimum atomic E-state index is 0.868. The molecule has 3 heterocycles. The molecule has 4 nitrogen and oxygen atoms in total. The second-order valence-corrected chi connectivity index (χ2v) is 12.2. The van der Waals surface area contributed by atoms with E-state index in [0.29, 0.717) is 0 Å². The molecule has 0 radical (unpaired) electrons. The van der Waals surface area contributed by atoms with Crippen LogP contribution in [0.5, 0.6) is 0 Å². The van der Waals surface area contributed by atoms with Crippen LogP contribution in [0.15, 0.2) is 170 Å². The molecule has 0 saturated carbocycles. The Kier molecular flexibility index (Phi) is 5.84. The van der Waals surface area contributed by atoms with Gasteiger partial charge >= 0.3 is 0 Å². The number of para-hydroxylation sites is 6. The Hall–Kier alpha value is -6.52. The standard InChI is InChI=1S/C44H28N4/c1-7-17-39-33(11-1)34-12-2-8-18-40(34)47(39)31-25-21-29(22-26-31)43-44(46-38-16-6-5-15-37(38)45-43)30-23-27-32(28-24-30)48-41-19-9-3-13-35(41)36-14-4-10-20-42(36)48/h1-28H. The van der Waals surface area contributed by atoms with Gasteiger partial charge in [-0.15, -0.1) is 0 Å². The van der Waals surface area contributed by atoms with Crippen molar-refractivity contribution in [3.8, 4) is 33.9 Å². The normalized spacial score (nSPS) is 11.8. The molecule has 48 heavy (non-hydrogen) atoms. The summed E-state index contributed by atoms with van der Waals surface area (Å²) in [5.41, 5.74) is 12.6. The first-order chi connectivity index (χ1) is 23.8. The van der Waals surface area contributed by atoms with Gasteiger partial charge < -0.3 is 9.13 Å². The van der Waals surface area contributed by atoms with E-state index in [2.05, 4.69) is 155 Å². The molecule has 10 rings (SSSR count). The maximum Gasteiger partial charge on any atom is 0.0973 e. The molecular formula is C44H28N4. The van der Waals surface area contributed by atoms with E-state index < -0.39 is 0 Å². The minimum absolute atomic E-state index is 0.868. The van der Waals surface area contributed by atoms with E-state index in [1.807, 2.05) is 24.3 Å². The van der Waals surface area contributed by atoms with Gasteiger partial charge in [0.05, 0.1) is 44.5 Å². The van der Waals surface area contributed by atoms with Gasteiger partial charge in [-0.25, -0.2) is 9.97 Å². The third kappa shape index (κ3) is 4.03. The molecule has 0 aliphatic carbocycles. The van der Waals surface area contributed by atoms with E-state index in [1.165, 1.54) is 43.6 Å². The van der Waals surface area contributed by atoms with Gasteiger partial charge in [0.2, 0.25) is 0 Å². The SMILES string of the molecule is c1ccc2nc(-c3ccc(-n4c5ccccc5c5ccccc54)cc3)c(-c3ccc(-n4c5ccccc5c5ccccc54)cc3)nc2c1. The average molecular weight is 613 g/mol. The van der Waals surface area contributed by atoms with Crippen LogP contribution in [-0.4, -0.2) is 19.1 Å². The Balaban J connectivity index is 1.11. The van der Waals surface area contributed by atoms with Crippen LogP contribution in [0.1, 0.15) is 0 Å².